The topological polar surface area (TPSA) is 56.7 Å². The summed E-state index contributed by atoms with van der Waals surface area (Å²) in [6.45, 7) is 3.75. The van der Waals surface area contributed by atoms with Crippen LogP contribution in [0.1, 0.15) is 48.8 Å². The van der Waals surface area contributed by atoms with Gasteiger partial charge in [0.2, 0.25) is 0 Å². The van der Waals surface area contributed by atoms with Crippen LogP contribution in [0.15, 0.2) is 17.2 Å². The summed E-state index contributed by atoms with van der Waals surface area (Å²) in [6, 6.07) is 4.27. The molecule has 0 amide bonds. The molecule has 0 saturated heterocycles. The highest BCUT2D eigenvalue weighted by Gasteiger charge is 2.13. The van der Waals surface area contributed by atoms with Crippen molar-refractivity contribution in [2.75, 3.05) is 0 Å². The fourth-order valence-corrected chi connectivity index (χ4v) is 2.91. The second kappa shape index (κ2) is 7.41. The van der Waals surface area contributed by atoms with Gasteiger partial charge in [0.25, 0.3) is 0 Å². The maximum atomic E-state index is 9.74. The van der Waals surface area contributed by atoms with E-state index < -0.39 is 0 Å². The van der Waals surface area contributed by atoms with Gasteiger partial charge in [0.05, 0.1) is 6.21 Å². The average molecular weight is 305 g/mol. The van der Waals surface area contributed by atoms with E-state index >= 15 is 0 Å². The lowest BCUT2D eigenvalue weighted by Gasteiger charge is -2.23. The first-order chi connectivity index (χ1) is 10.1. The van der Waals surface area contributed by atoms with Crippen LogP contribution in [0.5, 0.6) is 5.75 Å². The van der Waals surface area contributed by atoms with Crippen LogP contribution >= 0.6 is 12.2 Å². The first-order valence-electron chi connectivity index (χ1n) is 7.46. The normalized spacial score (nSPS) is 16.1. The lowest BCUT2D eigenvalue weighted by molar-refractivity contribution is 0.412. The van der Waals surface area contributed by atoms with Gasteiger partial charge in [-0.25, -0.2) is 0 Å². The van der Waals surface area contributed by atoms with Gasteiger partial charge >= 0.3 is 0 Å². The number of phenolic OH excluding ortho intramolecular Hbond substituents is 1. The Morgan fingerprint density at radius 1 is 1.24 bits per heavy atom. The van der Waals surface area contributed by atoms with E-state index in [0.29, 0.717) is 16.9 Å². The number of nitrogens with zero attached hydrogens (tertiary/aromatic N) is 1. The van der Waals surface area contributed by atoms with Crippen LogP contribution in [0.2, 0.25) is 0 Å². The van der Waals surface area contributed by atoms with Crippen molar-refractivity contribution in [3.8, 4) is 5.75 Å². The summed E-state index contributed by atoms with van der Waals surface area (Å²) < 4.78 is 0. The fourth-order valence-electron chi connectivity index (χ4n) is 2.69. The molecule has 4 nitrogen and oxygen atoms in total. The molecule has 1 aliphatic rings. The average Bonchev–Trinajstić information content (AvgIpc) is 2.45. The molecule has 5 heteroatoms. The summed E-state index contributed by atoms with van der Waals surface area (Å²) in [7, 11) is 0. The molecule has 0 spiro atoms. The van der Waals surface area contributed by atoms with E-state index in [0.717, 1.165) is 16.7 Å². The van der Waals surface area contributed by atoms with Crippen molar-refractivity contribution < 1.29 is 5.11 Å². The Balaban J connectivity index is 1.85. The lowest BCUT2D eigenvalue weighted by atomic mass is 9.96. The zero-order valence-corrected chi connectivity index (χ0v) is 13.5. The molecule has 1 fully saturated rings. The monoisotopic (exact) mass is 305 g/mol. The second-order valence-electron chi connectivity index (χ2n) is 5.68. The molecule has 1 aliphatic carbocycles. The van der Waals surface area contributed by atoms with Gasteiger partial charge in [0.1, 0.15) is 5.75 Å². The van der Waals surface area contributed by atoms with Gasteiger partial charge in [-0.05, 0) is 67.7 Å². The van der Waals surface area contributed by atoms with Crippen LogP contribution in [0.3, 0.4) is 0 Å². The third kappa shape index (κ3) is 4.70. The first kappa shape index (κ1) is 15.8. The molecule has 1 aromatic rings. The zero-order valence-electron chi connectivity index (χ0n) is 12.6. The number of hydrogen-bond acceptors (Lipinski definition) is 3. The molecule has 114 valence electrons. The fraction of sp³-hybridized carbons (Fsp3) is 0.500. The molecule has 0 bridgehead atoms. The number of hydrogen-bond donors (Lipinski definition) is 3. The summed E-state index contributed by atoms with van der Waals surface area (Å²) in [5.41, 5.74) is 5.49. The number of thiocarbonyl (C=S) groups is 1. The number of benzene rings is 1. The molecule has 2 rings (SSSR count). The SMILES string of the molecule is Cc1cc(/C=N/NC(=S)NC2CCCCC2)cc(C)c1O. The maximum Gasteiger partial charge on any atom is 0.187 e. The molecule has 21 heavy (non-hydrogen) atoms. The Hall–Kier alpha value is -1.62. The van der Waals surface area contributed by atoms with Crippen molar-refractivity contribution in [1.29, 1.82) is 0 Å². The third-order valence-corrected chi connectivity index (χ3v) is 4.04. The van der Waals surface area contributed by atoms with Crippen LogP contribution < -0.4 is 10.7 Å². The number of nitrogens with one attached hydrogen (secondary N) is 2. The van der Waals surface area contributed by atoms with Crippen molar-refractivity contribution >= 4 is 23.5 Å². The quantitative estimate of drug-likeness (QED) is 0.456. The van der Waals surface area contributed by atoms with E-state index in [9.17, 15) is 5.11 Å². The van der Waals surface area contributed by atoms with E-state index in [1.165, 1.54) is 32.1 Å². The third-order valence-electron chi connectivity index (χ3n) is 3.83. The van der Waals surface area contributed by atoms with E-state index in [1.807, 2.05) is 26.0 Å². The van der Waals surface area contributed by atoms with E-state index in [2.05, 4.69) is 15.8 Å². The van der Waals surface area contributed by atoms with Crippen LogP contribution in [-0.2, 0) is 0 Å². The minimum Gasteiger partial charge on any atom is -0.507 e. The summed E-state index contributed by atoms with van der Waals surface area (Å²) in [5, 5.41) is 17.8. The molecule has 0 atom stereocenters. The van der Waals surface area contributed by atoms with Crippen molar-refractivity contribution in [3.63, 3.8) is 0 Å². The highest BCUT2D eigenvalue weighted by atomic mass is 32.1. The molecule has 1 saturated carbocycles. The van der Waals surface area contributed by atoms with Gasteiger partial charge in [0, 0.05) is 6.04 Å². The zero-order chi connectivity index (χ0) is 15.2. The van der Waals surface area contributed by atoms with Crippen molar-refractivity contribution in [2.45, 2.75) is 52.0 Å². The molecular weight excluding hydrogens is 282 g/mol. The summed E-state index contributed by atoms with van der Waals surface area (Å²) >= 11 is 5.25. The number of aromatic hydroxyl groups is 1. The highest BCUT2D eigenvalue weighted by molar-refractivity contribution is 7.80. The molecule has 0 aromatic heterocycles. The Bertz CT molecular complexity index is 513. The van der Waals surface area contributed by atoms with Crippen molar-refractivity contribution in [3.05, 3.63) is 28.8 Å². The van der Waals surface area contributed by atoms with Gasteiger partial charge in [-0.3, -0.25) is 5.43 Å². The second-order valence-corrected chi connectivity index (χ2v) is 6.09. The van der Waals surface area contributed by atoms with Crippen molar-refractivity contribution in [2.24, 2.45) is 5.10 Å². The van der Waals surface area contributed by atoms with Gasteiger partial charge in [-0.15, -0.1) is 0 Å². The summed E-state index contributed by atoms with van der Waals surface area (Å²) in [6.07, 6.45) is 7.96. The Kier molecular flexibility index (Phi) is 5.56. The van der Waals surface area contributed by atoms with Gasteiger partial charge in [0.15, 0.2) is 5.11 Å². The molecular formula is C16H23N3OS. The minimum absolute atomic E-state index is 0.342. The number of aryl methyl sites for hydroxylation is 2. The standard InChI is InChI=1S/C16H23N3OS/c1-11-8-13(9-12(2)15(11)20)10-17-19-16(21)18-14-6-4-3-5-7-14/h8-10,14,20H,3-7H2,1-2H3,(H2,18,19,21)/b17-10+. The largest absolute Gasteiger partial charge is 0.507 e. The predicted molar refractivity (Wildman–Crippen MR) is 90.9 cm³/mol. The number of phenols is 1. The molecule has 3 N–H and O–H groups in total. The van der Waals surface area contributed by atoms with Crippen LogP contribution in [0.25, 0.3) is 0 Å². The van der Waals surface area contributed by atoms with Gasteiger partial charge in [-0.1, -0.05) is 19.3 Å². The number of hydrazone groups is 1. The number of rotatable bonds is 3. The van der Waals surface area contributed by atoms with Crippen LogP contribution in [0.4, 0.5) is 0 Å². The van der Waals surface area contributed by atoms with Gasteiger partial charge < -0.3 is 10.4 Å². The van der Waals surface area contributed by atoms with Gasteiger partial charge in [-0.2, -0.15) is 5.10 Å². The Morgan fingerprint density at radius 3 is 2.48 bits per heavy atom. The van der Waals surface area contributed by atoms with E-state index in [4.69, 9.17) is 12.2 Å². The van der Waals surface area contributed by atoms with E-state index in [-0.39, 0.29) is 0 Å². The Morgan fingerprint density at radius 2 is 1.86 bits per heavy atom. The molecule has 0 aliphatic heterocycles. The molecule has 0 unspecified atom stereocenters. The summed E-state index contributed by atoms with van der Waals surface area (Å²) in [5.74, 6) is 0.342. The molecule has 1 aromatic carbocycles. The minimum atomic E-state index is 0.342. The van der Waals surface area contributed by atoms with Crippen molar-refractivity contribution in [1.82, 2.24) is 10.7 Å². The first-order valence-corrected chi connectivity index (χ1v) is 7.87. The Labute approximate surface area is 131 Å². The lowest BCUT2D eigenvalue weighted by Crippen LogP contribution is -2.40. The van der Waals surface area contributed by atoms with Crippen LogP contribution in [0, 0.1) is 13.8 Å². The highest BCUT2D eigenvalue weighted by Crippen LogP contribution is 2.22. The summed E-state index contributed by atoms with van der Waals surface area (Å²) in [4.78, 5) is 0. The smallest absolute Gasteiger partial charge is 0.187 e. The molecule has 0 heterocycles. The predicted octanol–water partition coefficient (Wildman–Crippen LogP) is 3.14. The molecule has 0 radical (unpaired) electrons. The van der Waals surface area contributed by atoms with Crippen LogP contribution in [-0.4, -0.2) is 22.5 Å². The maximum absolute atomic E-state index is 9.74. The van der Waals surface area contributed by atoms with E-state index in [1.54, 1.807) is 6.21 Å².